The summed E-state index contributed by atoms with van der Waals surface area (Å²) in [6, 6.07) is 5.71. The molecule has 0 radical (unpaired) electrons. The van der Waals surface area contributed by atoms with Crippen LogP contribution in [0.2, 0.25) is 0 Å². The van der Waals surface area contributed by atoms with Gasteiger partial charge in [0.2, 0.25) is 9.05 Å². The van der Waals surface area contributed by atoms with Gasteiger partial charge >= 0.3 is 0 Å². The van der Waals surface area contributed by atoms with Crippen molar-refractivity contribution in [3.8, 4) is 11.5 Å². The van der Waals surface area contributed by atoms with Gasteiger partial charge in [-0.25, -0.2) is 8.42 Å². The number of aryl methyl sites for hydroxylation is 1. The van der Waals surface area contributed by atoms with Crippen LogP contribution in [0.1, 0.15) is 19.4 Å². The lowest BCUT2D eigenvalue weighted by Crippen LogP contribution is -2.16. The first-order chi connectivity index (χ1) is 8.85. The van der Waals surface area contributed by atoms with Crippen LogP contribution >= 0.6 is 10.7 Å². The minimum Gasteiger partial charge on any atom is -0.493 e. The van der Waals surface area contributed by atoms with Crippen LogP contribution in [0.15, 0.2) is 18.2 Å². The summed E-state index contributed by atoms with van der Waals surface area (Å²) in [6.07, 6.45) is 0.914. The van der Waals surface area contributed by atoms with Crippen molar-refractivity contribution in [1.82, 2.24) is 0 Å². The lowest BCUT2D eigenvalue weighted by Gasteiger charge is -2.14. The highest BCUT2D eigenvalue weighted by Gasteiger charge is 2.14. The fraction of sp³-hybridized carbons (Fsp3) is 0.538. The van der Waals surface area contributed by atoms with Gasteiger partial charge in [0.15, 0.2) is 11.5 Å². The average Bonchev–Trinajstić information content (AvgIpc) is 2.34. The quantitative estimate of drug-likeness (QED) is 0.727. The third-order valence-corrected chi connectivity index (χ3v) is 3.99. The van der Waals surface area contributed by atoms with E-state index in [4.69, 9.17) is 20.2 Å². The van der Waals surface area contributed by atoms with E-state index in [0.29, 0.717) is 11.5 Å². The smallest absolute Gasteiger partial charge is 0.232 e. The van der Waals surface area contributed by atoms with E-state index in [-0.39, 0.29) is 18.3 Å². The van der Waals surface area contributed by atoms with E-state index < -0.39 is 9.05 Å². The van der Waals surface area contributed by atoms with Crippen molar-refractivity contribution in [3.63, 3.8) is 0 Å². The molecule has 19 heavy (non-hydrogen) atoms. The van der Waals surface area contributed by atoms with Crippen molar-refractivity contribution in [1.29, 1.82) is 0 Å². The van der Waals surface area contributed by atoms with Gasteiger partial charge in [-0.1, -0.05) is 19.9 Å². The van der Waals surface area contributed by atoms with Gasteiger partial charge in [0.1, 0.15) is 0 Å². The lowest BCUT2D eigenvalue weighted by molar-refractivity contribution is 0.258. The molecule has 0 aliphatic heterocycles. The molecule has 0 bridgehead atoms. The highest BCUT2D eigenvalue weighted by molar-refractivity contribution is 8.13. The van der Waals surface area contributed by atoms with Crippen molar-refractivity contribution in [2.75, 3.05) is 19.5 Å². The monoisotopic (exact) mass is 306 g/mol. The molecule has 1 aromatic rings. The van der Waals surface area contributed by atoms with Crippen LogP contribution in [-0.4, -0.2) is 27.9 Å². The third kappa shape index (κ3) is 5.70. The molecule has 1 rings (SSSR count). The van der Waals surface area contributed by atoms with Crippen LogP contribution in [0.4, 0.5) is 0 Å². The number of ether oxygens (including phenoxy) is 2. The summed E-state index contributed by atoms with van der Waals surface area (Å²) in [7, 11) is 3.28. The molecular formula is C13H19ClO4S. The Morgan fingerprint density at radius 2 is 2.00 bits per heavy atom. The Morgan fingerprint density at radius 1 is 1.32 bits per heavy atom. The predicted octanol–water partition coefficient (Wildman–Crippen LogP) is 2.84. The molecule has 0 fully saturated rings. The van der Waals surface area contributed by atoms with Gasteiger partial charge in [0, 0.05) is 16.6 Å². The van der Waals surface area contributed by atoms with Gasteiger partial charge in [0.05, 0.1) is 19.5 Å². The molecule has 4 nitrogen and oxygen atoms in total. The number of benzene rings is 1. The van der Waals surface area contributed by atoms with E-state index in [1.165, 1.54) is 0 Å². The first kappa shape index (κ1) is 16.1. The highest BCUT2D eigenvalue weighted by Crippen LogP contribution is 2.28. The minimum absolute atomic E-state index is 0.107. The van der Waals surface area contributed by atoms with Crippen molar-refractivity contribution >= 4 is 19.7 Å². The topological polar surface area (TPSA) is 52.6 Å². The van der Waals surface area contributed by atoms with Crippen molar-refractivity contribution in [2.45, 2.75) is 20.3 Å². The fourth-order valence-electron chi connectivity index (χ4n) is 1.67. The largest absolute Gasteiger partial charge is 0.493 e. The molecule has 1 unspecified atom stereocenters. The number of methoxy groups -OCH3 is 1. The Hall–Kier alpha value is -0.940. The summed E-state index contributed by atoms with van der Waals surface area (Å²) in [5.41, 5.74) is 1.15. The maximum Gasteiger partial charge on any atom is 0.232 e. The van der Waals surface area contributed by atoms with E-state index in [9.17, 15) is 8.42 Å². The zero-order valence-corrected chi connectivity index (χ0v) is 12.9. The Bertz CT molecular complexity index is 513. The SMILES string of the molecule is CCc1ccc(OCC(C)CS(=O)(=O)Cl)c(OC)c1. The summed E-state index contributed by atoms with van der Waals surface area (Å²) in [6.45, 7) is 4.10. The van der Waals surface area contributed by atoms with Crippen LogP contribution in [0.3, 0.4) is 0 Å². The summed E-state index contributed by atoms with van der Waals surface area (Å²) in [4.78, 5) is 0. The maximum absolute atomic E-state index is 10.9. The molecule has 0 heterocycles. The van der Waals surface area contributed by atoms with E-state index in [0.717, 1.165) is 12.0 Å². The van der Waals surface area contributed by atoms with Crippen molar-refractivity contribution in [2.24, 2.45) is 5.92 Å². The average molecular weight is 307 g/mol. The van der Waals surface area contributed by atoms with Crippen molar-refractivity contribution < 1.29 is 17.9 Å². The van der Waals surface area contributed by atoms with Crippen LogP contribution in [0.25, 0.3) is 0 Å². The predicted molar refractivity (Wildman–Crippen MR) is 76.7 cm³/mol. The molecule has 0 saturated heterocycles. The molecule has 1 aromatic carbocycles. The molecule has 6 heteroatoms. The van der Waals surface area contributed by atoms with Gasteiger partial charge in [0.25, 0.3) is 0 Å². The first-order valence-corrected chi connectivity index (χ1v) is 8.55. The third-order valence-electron chi connectivity index (χ3n) is 2.64. The molecule has 0 aromatic heterocycles. The molecule has 0 aliphatic rings. The second-order valence-corrected chi connectivity index (χ2v) is 7.28. The van der Waals surface area contributed by atoms with Crippen LogP contribution in [0, 0.1) is 5.92 Å². The van der Waals surface area contributed by atoms with Crippen molar-refractivity contribution in [3.05, 3.63) is 23.8 Å². The Balaban J connectivity index is 2.67. The van der Waals surface area contributed by atoms with E-state index in [1.807, 2.05) is 18.2 Å². The minimum atomic E-state index is -3.49. The normalized spacial score (nSPS) is 13.1. The molecule has 1 atom stereocenters. The maximum atomic E-state index is 10.9. The van der Waals surface area contributed by atoms with Gasteiger partial charge in [-0.15, -0.1) is 0 Å². The van der Waals surface area contributed by atoms with Crippen LogP contribution < -0.4 is 9.47 Å². The Kier molecular flexibility index (Phi) is 5.94. The fourth-order valence-corrected chi connectivity index (χ4v) is 3.09. The molecule has 0 saturated carbocycles. The second kappa shape index (κ2) is 7.01. The number of halogens is 1. The van der Waals surface area contributed by atoms with Crippen LogP contribution in [-0.2, 0) is 15.5 Å². The molecule has 0 N–H and O–H groups in total. The summed E-state index contributed by atoms with van der Waals surface area (Å²) in [5.74, 6) is 0.973. The first-order valence-electron chi connectivity index (χ1n) is 6.07. The second-order valence-electron chi connectivity index (χ2n) is 4.46. The number of hydrogen-bond donors (Lipinski definition) is 0. The molecule has 0 spiro atoms. The summed E-state index contributed by atoms with van der Waals surface area (Å²) in [5, 5.41) is 0. The van der Waals surface area contributed by atoms with E-state index >= 15 is 0 Å². The van der Waals surface area contributed by atoms with Gasteiger partial charge in [-0.05, 0) is 24.1 Å². The zero-order valence-electron chi connectivity index (χ0n) is 11.3. The van der Waals surface area contributed by atoms with Gasteiger partial charge < -0.3 is 9.47 Å². The van der Waals surface area contributed by atoms with Gasteiger partial charge in [-0.3, -0.25) is 0 Å². The Morgan fingerprint density at radius 3 is 2.53 bits per heavy atom. The van der Waals surface area contributed by atoms with E-state index in [2.05, 4.69) is 6.92 Å². The van der Waals surface area contributed by atoms with E-state index in [1.54, 1.807) is 14.0 Å². The Labute approximate surface area is 119 Å². The number of hydrogen-bond acceptors (Lipinski definition) is 4. The zero-order chi connectivity index (χ0) is 14.5. The van der Waals surface area contributed by atoms with Crippen LogP contribution in [0.5, 0.6) is 11.5 Å². The lowest BCUT2D eigenvalue weighted by atomic mass is 10.1. The summed E-state index contributed by atoms with van der Waals surface area (Å²) >= 11 is 0. The highest BCUT2D eigenvalue weighted by atomic mass is 35.7. The van der Waals surface area contributed by atoms with Gasteiger partial charge in [-0.2, -0.15) is 0 Å². The molecule has 0 amide bonds. The molecule has 0 aliphatic carbocycles. The standard InChI is InChI=1S/C13H19ClO4S/c1-4-11-5-6-12(13(7-11)17-3)18-8-10(2)9-19(14,15)16/h5-7,10H,4,8-9H2,1-3H3. The molecule has 108 valence electrons. The number of rotatable bonds is 7. The molecular weight excluding hydrogens is 288 g/mol. The summed E-state index contributed by atoms with van der Waals surface area (Å²) < 4.78 is 32.7.